The Morgan fingerprint density at radius 3 is 2.55 bits per heavy atom. The second-order valence-electron chi connectivity index (χ2n) is 5.19. The Hall–Kier alpha value is -2.60. The zero-order valence-electron chi connectivity index (χ0n) is 12.3. The van der Waals surface area contributed by atoms with E-state index in [-0.39, 0.29) is 6.54 Å². The molecule has 0 aliphatic heterocycles. The SMILES string of the molecule is CN(Cc1ccccc1)Cc1cc(=O)c(O)cn1CC(=O)O. The zero-order valence-corrected chi connectivity index (χ0v) is 12.3. The summed E-state index contributed by atoms with van der Waals surface area (Å²) in [7, 11) is 1.88. The molecule has 0 unspecified atom stereocenters. The van der Waals surface area contributed by atoms with Crippen molar-refractivity contribution in [3.8, 4) is 5.75 Å². The lowest BCUT2D eigenvalue weighted by Gasteiger charge is -2.19. The molecule has 2 rings (SSSR count). The van der Waals surface area contributed by atoms with Crippen LogP contribution in [0.25, 0.3) is 0 Å². The average molecular weight is 302 g/mol. The molecule has 1 heterocycles. The summed E-state index contributed by atoms with van der Waals surface area (Å²) in [5.74, 6) is -1.48. The van der Waals surface area contributed by atoms with E-state index in [1.54, 1.807) is 0 Å². The molecule has 1 aromatic heterocycles. The predicted octanol–water partition coefficient (Wildman–Crippen LogP) is 1.27. The van der Waals surface area contributed by atoms with Crippen molar-refractivity contribution in [2.75, 3.05) is 7.05 Å². The molecule has 116 valence electrons. The second-order valence-corrected chi connectivity index (χ2v) is 5.19. The highest BCUT2D eigenvalue weighted by atomic mass is 16.4. The summed E-state index contributed by atoms with van der Waals surface area (Å²) in [6.45, 7) is 0.767. The third kappa shape index (κ3) is 4.20. The van der Waals surface area contributed by atoms with Crippen molar-refractivity contribution in [1.82, 2.24) is 9.47 Å². The molecule has 0 saturated carbocycles. The van der Waals surface area contributed by atoms with Crippen LogP contribution in [-0.2, 0) is 24.4 Å². The van der Waals surface area contributed by atoms with E-state index in [2.05, 4.69) is 0 Å². The van der Waals surface area contributed by atoms with E-state index in [1.165, 1.54) is 16.8 Å². The van der Waals surface area contributed by atoms with Gasteiger partial charge in [-0.25, -0.2) is 0 Å². The summed E-state index contributed by atoms with van der Waals surface area (Å²) in [6.07, 6.45) is 1.17. The van der Waals surface area contributed by atoms with E-state index in [9.17, 15) is 14.7 Å². The minimum atomic E-state index is -1.03. The maximum Gasteiger partial charge on any atom is 0.323 e. The van der Waals surface area contributed by atoms with Crippen LogP contribution in [0.3, 0.4) is 0 Å². The van der Waals surface area contributed by atoms with Crippen LogP contribution < -0.4 is 5.43 Å². The van der Waals surface area contributed by atoms with Gasteiger partial charge in [-0.05, 0) is 12.6 Å². The Labute approximate surface area is 127 Å². The number of nitrogens with zero attached hydrogens (tertiary/aromatic N) is 2. The minimum Gasteiger partial charge on any atom is -0.503 e. The zero-order chi connectivity index (χ0) is 16.1. The molecular weight excluding hydrogens is 284 g/mol. The molecule has 6 nitrogen and oxygen atoms in total. The van der Waals surface area contributed by atoms with Gasteiger partial charge < -0.3 is 14.8 Å². The summed E-state index contributed by atoms with van der Waals surface area (Å²) >= 11 is 0. The molecule has 0 bridgehead atoms. The normalized spacial score (nSPS) is 10.8. The highest BCUT2D eigenvalue weighted by Crippen LogP contribution is 2.10. The molecule has 0 atom stereocenters. The van der Waals surface area contributed by atoms with Gasteiger partial charge in [0.05, 0.1) is 6.20 Å². The topological polar surface area (TPSA) is 82.8 Å². The molecule has 1 aromatic carbocycles. The van der Waals surface area contributed by atoms with Crippen molar-refractivity contribution in [2.24, 2.45) is 0 Å². The first kappa shape index (κ1) is 15.8. The molecule has 0 fully saturated rings. The van der Waals surface area contributed by atoms with E-state index < -0.39 is 17.1 Å². The Balaban J connectivity index is 2.18. The molecule has 0 spiro atoms. The van der Waals surface area contributed by atoms with Crippen LogP contribution in [0.4, 0.5) is 0 Å². The van der Waals surface area contributed by atoms with Gasteiger partial charge in [0.1, 0.15) is 6.54 Å². The number of hydrogen-bond donors (Lipinski definition) is 2. The number of rotatable bonds is 6. The first-order valence-corrected chi connectivity index (χ1v) is 6.82. The standard InChI is InChI=1S/C16H18N2O4/c1-17(8-12-5-3-2-4-6-12)9-13-7-14(19)15(20)10-18(13)11-16(21)22/h2-7,10,20H,8-9,11H2,1H3,(H,21,22). The van der Waals surface area contributed by atoms with Crippen LogP contribution in [0, 0.1) is 0 Å². The molecule has 2 N–H and O–H groups in total. The highest BCUT2D eigenvalue weighted by Gasteiger charge is 2.11. The number of pyridine rings is 1. The number of aliphatic carboxylic acids is 1. The third-order valence-corrected chi connectivity index (χ3v) is 3.23. The average Bonchev–Trinajstić information content (AvgIpc) is 2.44. The molecule has 0 radical (unpaired) electrons. The van der Waals surface area contributed by atoms with Gasteiger partial charge in [0.25, 0.3) is 0 Å². The van der Waals surface area contributed by atoms with Gasteiger partial charge in [0.15, 0.2) is 5.75 Å². The molecule has 22 heavy (non-hydrogen) atoms. The molecule has 2 aromatic rings. The number of aromatic nitrogens is 1. The molecule has 0 aliphatic carbocycles. The quantitative estimate of drug-likeness (QED) is 0.839. The number of hydrogen-bond acceptors (Lipinski definition) is 4. The molecule has 0 saturated heterocycles. The van der Waals surface area contributed by atoms with Crippen molar-refractivity contribution in [2.45, 2.75) is 19.6 Å². The van der Waals surface area contributed by atoms with Crippen LogP contribution in [0.5, 0.6) is 5.75 Å². The van der Waals surface area contributed by atoms with E-state index >= 15 is 0 Å². The summed E-state index contributed by atoms with van der Waals surface area (Å²) in [6, 6.07) is 11.1. The Morgan fingerprint density at radius 1 is 1.23 bits per heavy atom. The Morgan fingerprint density at radius 2 is 1.91 bits per heavy atom. The fraction of sp³-hybridized carbons (Fsp3) is 0.250. The number of carbonyl (C=O) groups is 1. The van der Waals surface area contributed by atoms with Crippen LogP contribution in [0.15, 0.2) is 47.4 Å². The first-order chi connectivity index (χ1) is 10.5. The summed E-state index contributed by atoms with van der Waals surface area (Å²) in [5, 5.41) is 18.4. The second kappa shape index (κ2) is 6.91. The van der Waals surface area contributed by atoms with Gasteiger partial charge >= 0.3 is 5.97 Å². The summed E-state index contributed by atoms with van der Waals surface area (Å²) in [5.41, 5.74) is 1.16. The molecule has 6 heteroatoms. The fourth-order valence-electron chi connectivity index (χ4n) is 2.26. The molecular formula is C16H18N2O4. The van der Waals surface area contributed by atoms with Gasteiger partial charge in [-0.15, -0.1) is 0 Å². The monoisotopic (exact) mass is 302 g/mol. The van der Waals surface area contributed by atoms with Gasteiger partial charge in [-0.1, -0.05) is 30.3 Å². The molecule has 0 aliphatic rings. The highest BCUT2D eigenvalue weighted by molar-refractivity contribution is 5.66. The van der Waals surface area contributed by atoms with Gasteiger partial charge in [-0.2, -0.15) is 0 Å². The smallest absolute Gasteiger partial charge is 0.323 e. The largest absolute Gasteiger partial charge is 0.503 e. The third-order valence-electron chi connectivity index (χ3n) is 3.23. The minimum absolute atomic E-state index is 0.303. The van der Waals surface area contributed by atoms with Crippen LogP contribution in [0.2, 0.25) is 0 Å². The van der Waals surface area contributed by atoms with Gasteiger partial charge in [0, 0.05) is 24.8 Å². The number of carboxylic acid groups (broad SMARTS) is 1. The summed E-state index contributed by atoms with van der Waals surface area (Å²) in [4.78, 5) is 24.5. The van der Waals surface area contributed by atoms with E-state index in [1.807, 2.05) is 42.3 Å². The Bertz CT molecular complexity index is 710. The van der Waals surface area contributed by atoms with E-state index in [4.69, 9.17) is 5.11 Å². The van der Waals surface area contributed by atoms with Crippen molar-refractivity contribution >= 4 is 5.97 Å². The van der Waals surface area contributed by atoms with Gasteiger partial charge in [-0.3, -0.25) is 14.5 Å². The fourth-order valence-corrected chi connectivity index (χ4v) is 2.26. The molecule has 0 amide bonds. The Kier molecular flexibility index (Phi) is 4.95. The van der Waals surface area contributed by atoms with Crippen LogP contribution in [0.1, 0.15) is 11.3 Å². The number of aromatic hydroxyl groups is 1. The summed E-state index contributed by atoms with van der Waals surface area (Å²) < 4.78 is 1.38. The van der Waals surface area contributed by atoms with Crippen LogP contribution >= 0.6 is 0 Å². The van der Waals surface area contributed by atoms with Crippen molar-refractivity contribution in [3.05, 3.63) is 64.1 Å². The number of benzene rings is 1. The maximum absolute atomic E-state index is 11.6. The van der Waals surface area contributed by atoms with Crippen molar-refractivity contribution in [1.29, 1.82) is 0 Å². The lowest BCUT2D eigenvalue weighted by Crippen LogP contribution is -2.24. The predicted molar refractivity (Wildman–Crippen MR) is 81.6 cm³/mol. The van der Waals surface area contributed by atoms with Crippen LogP contribution in [-0.4, -0.2) is 32.7 Å². The number of carboxylic acids is 1. The van der Waals surface area contributed by atoms with Crippen molar-refractivity contribution < 1.29 is 15.0 Å². The van der Waals surface area contributed by atoms with E-state index in [0.717, 1.165) is 5.56 Å². The maximum atomic E-state index is 11.6. The van der Waals surface area contributed by atoms with E-state index in [0.29, 0.717) is 18.8 Å². The lowest BCUT2D eigenvalue weighted by molar-refractivity contribution is -0.137. The van der Waals surface area contributed by atoms with Crippen molar-refractivity contribution in [3.63, 3.8) is 0 Å². The van der Waals surface area contributed by atoms with Gasteiger partial charge in [0.2, 0.25) is 5.43 Å². The first-order valence-electron chi connectivity index (χ1n) is 6.82. The lowest BCUT2D eigenvalue weighted by atomic mass is 10.2.